The first kappa shape index (κ1) is 11.4. The van der Waals surface area contributed by atoms with E-state index in [1.807, 2.05) is 0 Å². The molecule has 0 aromatic heterocycles. The third-order valence-electron chi connectivity index (χ3n) is 2.73. The first-order valence-corrected chi connectivity index (χ1v) is 5.04. The van der Waals surface area contributed by atoms with Crippen LogP contribution >= 0.6 is 0 Å². The van der Waals surface area contributed by atoms with Crippen LogP contribution in [0.1, 0.15) is 6.42 Å². The molecule has 0 spiro atoms. The summed E-state index contributed by atoms with van der Waals surface area (Å²) in [4.78, 5) is 23.9. The van der Waals surface area contributed by atoms with Crippen molar-refractivity contribution in [1.82, 2.24) is 0 Å². The maximum absolute atomic E-state index is 13.0. The van der Waals surface area contributed by atoms with Gasteiger partial charge in [0, 0.05) is 7.05 Å². The summed E-state index contributed by atoms with van der Waals surface area (Å²) < 4.78 is 13.0. The minimum atomic E-state index is -1.05. The molecule has 1 aromatic rings. The minimum absolute atomic E-state index is 0.293. The van der Waals surface area contributed by atoms with Crippen molar-refractivity contribution in [3.63, 3.8) is 0 Å². The van der Waals surface area contributed by atoms with E-state index in [1.54, 1.807) is 11.9 Å². The SMILES string of the molecule is CN1c2ccc(F)cc2NC(=O)C1CC(=O)O. The van der Waals surface area contributed by atoms with Gasteiger partial charge in [-0.25, -0.2) is 4.39 Å². The summed E-state index contributed by atoms with van der Waals surface area (Å²) in [6, 6.07) is 3.22. The van der Waals surface area contributed by atoms with Crippen LogP contribution in [0.15, 0.2) is 18.2 Å². The Balaban J connectivity index is 2.36. The van der Waals surface area contributed by atoms with Crippen molar-refractivity contribution < 1.29 is 19.1 Å². The smallest absolute Gasteiger partial charge is 0.305 e. The van der Waals surface area contributed by atoms with Crippen LogP contribution in [0.5, 0.6) is 0 Å². The Bertz CT molecular complexity index is 490. The van der Waals surface area contributed by atoms with Crippen LogP contribution in [0.4, 0.5) is 15.8 Å². The van der Waals surface area contributed by atoms with Gasteiger partial charge in [0.15, 0.2) is 0 Å². The Kier molecular flexibility index (Phi) is 2.71. The Labute approximate surface area is 96.8 Å². The average molecular weight is 238 g/mol. The normalized spacial score (nSPS) is 18.6. The third-order valence-corrected chi connectivity index (χ3v) is 2.73. The lowest BCUT2D eigenvalue weighted by molar-refractivity contribution is -0.138. The summed E-state index contributed by atoms with van der Waals surface area (Å²) in [7, 11) is 1.61. The van der Waals surface area contributed by atoms with Crippen LogP contribution in [0.3, 0.4) is 0 Å². The number of aliphatic carboxylic acids is 1. The highest BCUT2D eigenvalue weighted by Crippen LogP contribution is 2.32. The molecule has 90 valence electrons. The Morgan fingerprint density at radius 2 is 2.29 bits per heavy atom. The van der Waals surface area contributed by atoms with Crippen molar-refractivity contribution in [2.75, 3.05) is 17.3 Å². The van der Waals surface area contributed by atoms with E-state index in [4.69, 9.17) is 5.11 Å². The fourth-order valence-electron chi connectivity index (χ4n) is 1.87. The summed E-state index contributed by atoms with van der Waals surface area (Å²) in [6.45, 7) is 0. The van der Waals surface area contributed by atoms with Crippen LogP contribution in [0.2, 0.25) is 0 Å². The second kappa shape index (κ2) is 4.04. The number of benzene rings is 1. The third kappa shape index (κ3) is 2.06. The second-order valence-corrected chi connectivity index (χ2v) is 3.88. The molecule has 1 aliphatic rings. The van der Waals surface area contributed by atoms with E-state index < -0.39 is 23.7 Å². The van der Waals surface area contributed by atoms with Gasteiger partial charge in [0.2, 0.25) is 5.91 Å². The molecule has 1 amide bonds. The number of carbonyl (C=O) groups is 2. The van der Waals surface area contributed by atoms with Gasteiger partial charge in [-0.2, -0.15) is 0 Å². The molecule has 0 saturated heterocycles. The molecule has 1 heterocycles. The molecule has 0 saturated carbocycles. The van der Waals surface area contributed by atoms with Crippen molar-refractivity contribution >= 4 is 23.3 Å². The first-order chi connectivity index (χ1) is 7.99. The molecular weight excluding hydrogens is 227 g/mol. The van der Waals surface area contributed by atoms with Gasteiger partial charge in [0.1, 0.15) is 11.9 Å². The van der Waals surface area contributed by atoms with Crippen molar-refractivity contribution in [3.05, 3.63) is 24.0 Å². The first-order valence-electron chi connectivity index (χ1n) is 5.04. The van der Waals surface area contributed by atoms with Crippen LogP contribution < -0.4 is 10.2 Å². The quantitative estimate of drug-likeness (QED) is 0.808. The zero-order valence-corrected chi connectivity index (χ0v) is 9.11. The number of nitrogens with one attached hydrogen (secondary N) is 1. The van der Waals surface area contributed by atoms with Gasteiger partial charge in [0.05, 0.1) is 17.8 Å². The number of rotatable bonds is 2. The Morgan fingerprint density at radius 3 is 2.94 bits per heavy atom. The molecule has 2 rings (SSSR count). The van der Waals surface area contributed by atoms with Crippen molar-refractivity contribution in [3.8, 4) is 0 Å². The molecule has 1 unspecified atom stereocenters. The monoisotopic (exact) mass is 238 g/mol. The summed E-state index contributed by atoms with van der Waals surface area (Å²) in [6.07, 6.45) is -0.293. The van der Waals surface area contributed by atoms with E-state index in [2.05, 4.69) is 5.32 Å². The molecule has 6 heteroatoms. The van der Waals surface area contributed by atoms with Crippen LogP contribution in [-0.2, 0) is 9.59 Å². The highest BCUT2D eigenvalue weighted by atomic mass is 19.1. The summed E-state index contributed by atoms with van der Waals surface area (Å²) >= 11 is 0. The predicted molar refractivity (Wildman–Crippen MR) is 59.5 cm³/mol. The molecule has 0 fully saturated rings. The Morgan fingerprint density at radius 1 is 1.59 bits per heavy atom. The highest BCUT2D eigenvalue weighted by Gasteiger charge is 2.32. The van der Waals surface area contributed by atoms with Gasteiger partial charge in [-0.05, 0) is 18.2 Å². The standard InChI is InChI=1S/C11H11FN2O3/c1-14-8-3-2-6(12)4-7(8)13-11(17)9(14)5-10(15)16/h2-4,9H,5H2,1H3,(H,13,17)(H,15,16). The number of halogens is 1. The topological polar surface area (TPSA) is 69.6 Å². The van der Waals surface area contributed by atoms with E-state index in [-0.39, 0.29) is 6.42 Å². The number of hydrogen-bond donors (Lipinski definition) is 2. The molecule has 0 aliphatic carbocycles. The van der Waals surface area contributed by atoms with Gasteiger partial charge in [0.25, 0.3) is 0 Å². The molecule has 17 heavy (non-hydrogen) atoms. The van der Waals surface area contributed by atoms with Gasteiger partial charge in [-0.15, -0.1) is 0 Å². The van der Waals surface area contributed by atoms with E-state index in [1.165, 1.54) is 18.2 Å². The fourth-order valence-corrected chi connectivity index (χ4v) is 1.87. The maximum Gasteiger partial charge on any atom is 0.305 e. The molecule has 1 aromatic carbocycles. The van der Waals surface area contributed by atoms with Crippen LogP contribution in [0.25, 0.3) is 0 Å². The number of carbonyl (C=O) groups excluding carboxylic acids is 1. The molecule has 0 bridgehead atoms. The molecular formula is C11H11FN2O3. The molecule has 0 radical (unpaired) electrons. The Hall–Kier alpha value is -2.11. The summed E-state index contributed by atoms with van der Waals surface area (Å²) in [5.74, 6) is -1.94. The van der Waals surface area contributed by atoms with E-state index in [9.17, 15) is 14.0 Å². The van der Waals surface area contributed by atoms with Crippen LogP contribution in [-0.4, -0.2) is 30.1 Å². The molecule has 1 atom stereocenters. The van der Waals surface area contributed by atoms with Crippen molar-refractivity contribution in [2.24, 2.45) is 0 Å². The maximum atomic E-state index is 13.0. The van der Waals surface area contributed by atoms with Gasteiger partial charge >= 0.3 is 5.97 Å². The number of anilines is 2. The highest BCUT2D eigenvalue weighted by molar-refractivity contribution is 6.04. The van der Waals surface area contributed by atoms with Gasteiger partial charge < -0.3 is 15.3 Å². The van der Waals surface area contributed by atoms with Crippen molar-refractivity contribution in [2.45, 2.75) is 12.5 Å². The van der Waals surface area contributed by atoms with Crippen molar-refractivity contribution in [1.29, 1.82) is 0 Å². The lowest BCUT2D eigenvalue weighted by Crippen LogP contribution is -2.47. The van der Waals surface area contributed by atoms with Gasteiger partial charge in [-0.1, -0.05) is 0 Å². The minimum Gasteiger partial charge on any atom is -0.481 e. The summed E-state index contributed by atoms with van der Waals surface area (Å²) in [5, 5.41) is 11.2. The number of hydrogen-bond acceptors (Lipinski definition) is 3. The number of carboxylic acid groups (broad SMARTS) is 1. The largest absolute Gasteiger partial charge is 0.481 e. The number of nitrogens with zero attached hydrogens (tertiary/aromatic N) is 1. The zero-order chi connectivity index (χ0) is 12.6. The fraction of sp³-hybridized carbons (Fsp3) is 0.273. The second-order valence-electron chi connectivity index (χ2n) is 3.88. The van der Waals surface area contributed by atoms with E-state index in [0.717, 1.165) is 0 Å². The zero-order valence-electron chi connectivity index (χ0n) is 9.11. The number of carboxylic acids is 1. The van der Waals surface area contributed by atoms with E-state index >= 15 is 0 Å². The number of fused-ring (bicyclic) bond motifs is 1. The number of likely N-dealkylation sites (N-methyl/N-ethyl adjacent to an activating group) is 1. The molecule has 2 N–H and O–H groups in total. The molecule has 5 nitrogen and oxygen atoms in total. The van der Waals surface area contributed by atoms with Gasteiger partial charge in [-0.3, -0.25) is 9.59 Å². The lowest BCUT2D eigenvalue weighted by atomic mass is 10.1. The predicted octanol–water partition coefficient (Wildman–Crippen LogP) is 1.06. The van der Waals surface area contributed by atoms with Crippen LogP contribution in [0, 0.1) is 5.82 Å². The average Bonchev–Trinajstić information content (AvgIpc) is 2.23. The molecule has 1 aliphatic heterocycles. The number of amides is 1. The summed E-state index contributed by atoms with van der Waals surface area (Å²) in [5.41, 5.74) is 0.969. The van der Waals surface area contributed by atoms with E-state index in [0.29, 0.717) is 11.4 Å². The lowest BCUT2D eigenvalue weighted by Gasteiger charge is -2.34.